The third-order valence-corrected chi connectivity index (χ3v) is 4.31. The topological polar surface area (TPSA) is 61.0 Å². The van der Waals surface area contributed by atoms with Gasteiger partial charge in [0.25, 0.3) is 0 Å². The van der Waals surface area contributed by atoms with Crippen molar-refractivity contribution in [1.29, 1.82) is 0 Å². The second-order valence-corrected chi connectivity index (χ2v) is 6.28. The molecule has 0 saturated carbocycles. The van der Waals surface area contributed by atoms with Crippen LogP contribution in [0.15, 0.2) is 78.2 Å². The van der Waals surface area contributed by atoms with Crippen molar-refractivity contribution in [1.82, 2.24) is 10.2 Å². The summed E-state index contributed by atoms with van der Waals surface area (Å²) in [5.74, 6) is 2.10. The Morgan fingerprint density at radius 3 is 1.92 bits per heavy atom. The number of aromatic nitrogens is 2. The minimum absolute atomic E-state index is 0.0513. The van der Waals surface area contributed by atoms with E-state index in [9.17, 15) is 0 Å². The van der Waals surface area contributed by atoms with Gasteiger partial charge in [0.05, 0.1) is 5.69 Å². The zero-order valence-corrected chi connectivity index (χ0v) is 14.5. The number of rotatable bonds is 3. The predicted molar refractivity (Wildman–Crippen MR) is 104 cm³/mol. The fraction of sp³-hybridized carbons (Fsp3) is 0.0909. The first-order valence-electron chi connectivity index (χ1n) is 8.51. The Hall–Kier alpha value is -3.40. The van der Waals surface area contributed by atoms with E-state index in [1.54, 1.807) is 0 Å². The lowest BCUT2D eigenvalue weighted by Gasteiger charge is -2.34. The summed E-state index contributed by atoms with van der Waals surface area (Å²) in [6.07, 6.45) is 4.09. The number of hydrogen-bond donors (Lipinski definition) is 1. The molecule has 4 nitrogen and oxygen atoms in total. The lowest BCUT2D eigenvalue weighted by Crippen LogP contribution is -2.23. The van der Waals surface area contributed by atoms with Gasteiger partial charge < -0.3 is 10.5 Å². The lowest BCUT2D eigenvalue weighted by molar-refractivity contribution is 0.185. The Labute approximate surface area is 152 Å². The van der Waals surface area contributed by atoms with Crippen LogP contribution in [-0.2, 0) is 4.74 Å². The number of benzene rings is 2. The van der Waals surface area contributed by atoms with Gasteiger partial charge in [0.15, 0.2) is 5.82 Å². The van der Waals surface area contributed by atoms with Crippen LogP contribution in [-0.4, -0.2) is 10.2 Å². The monoisotopic (exact) mass is 341 g/mol. The first-order valence-corrected chi connectivity index (χ1v) is 8.51. The van der Waals surface area contributed by atoms with Gasteiger partial charge in [-0.3, -0.25) is 0 Å². The largest absolute Gasteiger partial charge is 0.464 e. The van der Waals surface area contributed by atoms with Gasteiger partial charge in [0.2, 0.25) is 0 Å². The number of nitrogens with two attached hydrogens (primary N) is 1. The van der Waals surface area contributed by atoms with Gasteiger partial charge in [-0.1, -0.05) is 60.7 Å². The van der Waals surface area contributed by atoms with Crippen molar-refractivity contribution in [3.05, 3.63) is 101 Å². The summed E-state index contributed by atoms with van der Waals surface area (Å²) in [6.45, 7) is 1.91. The molecule has 2 heterocycles. The zero-order valence-electron chi connectivity index (χ0n) is 14.5. The standard InChI is InChI=1S/C22H19N3O/c1-15-12-18(22(23)25-24-15)21-19(13-16-8-4-2-5-9-16)26-20(21)14-17-10-6-3-7-11-17/h2-14,21H,1H3,(H2,23,25). The fourth-order valence-electron chi connectivity index (χ4n) is 3.04. The molecule has 26 heavy (non-hydrogen) atoms. The molecule has 0 bridgehead atoms. The second-order valence-electron chi connectivity index (χ2n) is 6.28. The van der Waals surface area contributed by atoms with Crippen LogP contribution in [0, 0.1) is 6.92 Å². The Morgan fingerprint density at radius 1 is 0.846 bits per heavy atom. The van der Waals surface area contributed by atoms with E-state index in [1.807, 2.05) is 85.8 Å². The zero-order chi connectivity index (χ0) is 17.9. The number of hydrogen-bond acceptors (Lipinski definition) is 4. The average molecular weight is 341 g/mol. The molecular formula is C22H19N3O. The third-order valence-electron chi connectivity index (χ3n) is 4.31. The van der Waals surface area contributed by atoms with Crippen LogP contribution in [0.1, 0.15) is 28.3 Å². The molecule has 1 aliphatic rings. The smallest absolute Gasteiger partial charge is 0.150 e. The second kappa shape index (κ2) is 6.84. The third kappa shape index (κ3) is 3.22. The van der Waals surface area contributed by atoms with Gasteiger partial charge in [0.1, 0.15) is 17.4 Å². The maximum Gasteiger partial charge on any atom is 0.150 e. The minimum Gasteiger partial charge on any atom is -0.464 e. The molecule has 0 amide bonds. The van der Waals surface area contributed by atoms with Crippen LogP contribution in [0.5, 0.6) is 0 Å². The van der Waals surface area contributed by atoms with Gasteiger partial charge in [-0.2, -0.15) is 5.10 Å². The minimum atomic E-state index is -0.0513. The van der Waals surface area contributed by atoms with Crippen LogP contribution in [0.4, 0.5) is 5.82 Å². The van der Waals surface area contributed by atoms with Gasteiger partial charge in [-0.25, -0.2) is 0 Å². The number of nitrogen functional groups attached to an aromatic ring is 1. The highest BCUT2D eigenvalue weighted by Crippen LogP contribution is 2.47. The van der Waals surface area contributed by atoms with E-state index >= 15 is 0 Å². The summed E-state index contributed by atoms with van der Waals surface area (Å²) in [5, 5.41) is 8.13. The molecule has 2 N–H and O–H groups in total. The number of aryl methyl sites for hydroxylation is 1. The van der Waals surface area contributed by atoms with Crippen molar-refractivity contribution < 1.29 is 4.74 Å². The van der Waals surface area contributed by atoms with E-state index in [0.29, 0.717) is 5.82 Å². The predicted octanol–water partition coefficient (Wildman–Crippen LogP) is 4.56. The van der Waals surface area contributed by atoms with Gasteiger partial charge in [-0.15, -0.1) is 5.10 Å². The van der Waals surface area contributed by atoms with E-state index in [1.165, 1.54) is 0 Å². The van der Waals surface area contributed by atoms with Crippen LogP contribution < -0.4 is 5.73 Å². The van der Waals surface area contributed by atoms with Gasteiger partial charge >= 0.3 is 0 Å². The summed E-state index contributed by atoms with van der Waals surface area (Å²) < 4.78 is 6.03. The average Bonchev–Trinajstić information content (AvgIpc) is 2.65. The first kappa shape index (κ1) is 16.1. The highest BCUT2D eigenvalue weighted by Gasteiger charge is 2.36. The van der Waals surface area contributed by atoms with Gasteiger partial charge in [0, 0.05) is 5.56 Å². The highest BCUT2D eigenvalue weighted by atomic mass is 16.5. The quantitative estimate of drug-likeness (QED) is 0.758. The summed E-state index contributed by atoms with van der Waals surface area (Å²) in [4.78, 5) is 0. The van der Waals surface area contributed by atoms with Crippen molar-refractivity contribution in [2.45, 2.75) is 12.8 Å². The van der Waals surface area contributed by atoms with Crippen LogP contribution in [0.25, 0.3) is 12.2 Å². The van der Waals surface area contributed by atoms with Crippen molar-refractivity contribution in [2.24, 2.45) is 0 Å². The number of anilines is 1. The molecule has 0 spiro atoms. The Morgan fingerprint density at radius 2 is 1.38 bits per heavy atom. The van der Waals surface area contributed by atoms with Crippen LogP contribution >= 0.6 is 0 Å². The van der Waals surface area contributed by atoms with E-state index < -0.39 is 0 Å². The number of ether oxygens (including phenoxy) is 1. The summed E-state index contributed by atoms with van der Waals surface area (Å²) in [5.41, 5.74) is 10.1. The SMILES string of the molecule is Cc1cc(C2C(=Cc3ccccc3)OC2=Cc2ccccc2)c(N)nn1. The molecule has 1 saturated heterocycles. The van der Waals surface area contributed by atoms with E-state index in [-0.39, 0.29) is 5.92 Å². The molecular weight excluding hydrogens is 322 g/mol. The molecule has 4 heteroatoms. The highest BCUT2D eigenvalue weighted by molar-refractivity contribution is 5.66. The van der Waals surface area contributed by atoms with Gasteiger partial charge in [-0.05, 0) is 36.3 Å². The van der Waals surface area contributed by atoms with E-state index in [4.69, 9.17) is 10.5 Å². The first-order chi connectivity index (χ1) is 12.7. The summed E-state index contributed by atoms with van der Waals surface area (Å²) in [6, 6.07) is 22.2. The molecule has 1 aromatic heterocycles. The molecule has 0 atom stereocenters. The molecule has 2 aromatic carbocycles. The normalized spacial score (nSPS) is 19.2. The van der Waals surface area contributed by atoms with E-state index in [2.05, 4.69) is 10.2 Å². The molecule has 4 rings (SSSR count). The fourth-order valence-corrected chi connectivity index (χ4v) is 3.04. The molecule has 0 aliphatic carbocycles. The molecule has 1 fully saturated rings. The van der Waals surface area contributed by atoms with Crippen molar-refractivity contribution >= 4 is 18.0 Å². The molecule has 128 valence electrons. The summed E-state index contributed by atoms with van der Waals surface area (Å²) >= 11 is 0. The Bertz CT molecular complexity index is 923. The lowest BCUT2D eigenvalue weighted by atomic mass is 9.88. The number of nitrogens with zero attached hydrogens (tertiary/aromatic N) is 2. The van der Waals surface area contributed by atoms with Crippen molar-refractivity contribution in [3.8, 4) is 0 Å². The maximum atomic E-state index is 6.13. The molecule has 3 aromatic rings. The van der Waals surface area contributed by atoms with Crippen molar-refractivity contribution in [3.63, 3.8) is 0 Å². The Kier molecular flexibility index (Phi) is 4.23. The Balaban J connectivity index is 1.76. The van der Waals surface area contributed by atoms with Crippen LogP contribution in [0.3, 0.4) is 0 Å². The van der Waals surface area contributed by atoms with Crippen LogP contribution in [0.2, 0.25) is 0 Å². The van der Waals surface area contributed by atoms with E-state index in [0.717, 1.165) is 33.9 Å². The molecule has 0 radical (unpaired) electrons. The molecule has 0 unspecified atom stereocenters. The maximum absolute atomic E-state index is 6.13. The molecule has 1 aliphatic heterocycles. The summed E-state index contributed by atoms with van der Waals surface area (Å²) in [7, 11) is 0. The van der Waals surface area contributed by atoms with Crippen molar-refractivity contribution in [2.75, 3.05) is 5.73 Å².